The fourth-order valence-corrected chi connectivity index (χ4v) is 4.60. The van der Waals surface area contributed by atoms with Crippen LogP contribution in [0, 0.1) is 6.92 Å². The van der Waals surface area contributed by atoms with Crippen molar-refractivity contribution in [3.8, 4) is 0 Å². The van der Waals surface area contributed by atoms with Gasteiger partial charge in [-0.25, -0.2) is 4.79 Å². The van der Waals surface area contributed by atoms with Crippen LogP contribution < -0.4 is 10.2 Å². The lowest BCUT2D eigenvalue weighted by molar-refractivity contribution is -0.134. The van der Waals surface area contributed by atoms with Gasteiger partial charge in [0, 0.05) is 5.69 Å². The molecule has 2 aromatic carbocycles. The predicted octanol–water partition coefficient (Wildman–Crippen LogP) is 4.17. The van der Waals surface area contributed by atoms with Crippen LogP contribution in [0.2, 0.25) is 0 Å². The highest BCUT2D eigenvalue weighted by Crippen LogP contribution is 2.33. The zero-order chi connectivity index (χ0) is 21.8. The van der Waals surface area contributed by atoms with Crippen molar-refractivity contribution in [3.63, 3.8) is 0 Å². The Balaban J connectivity index is 1.57. The molecule has 1 heterocycles. The normalized spacial score (nSPS) is 18.0. The minimum atomic E-state index is -0.832. The highest BCUT2D eigenvalue weighted by atomic mass is 16.2. The van der Waals surface area contributed by atoms with E-state index >= 15 is 0 Å². The van der Waals surface area contributed by atoms with Crippen LogP contribution >= 0.6 is 0 Å². The molecule has 2 aliphatic rings. The van der Waals surface area contributed by atoms with Crippen molar-refractivity contribution in [1.29, 1.82) is 0 Å². The molecule has 0 unspecified atom stereocenters. The van der Waals surface area contributed by atoms with Crippen LogP contribution in [0.15, 0.2) is 54.6 Å². The summed E-state index contributed by atoms with van der Waals surface area (Å²) in [6, 6.07) is 17.0. The lowest BCUT2D eigenvalue weighted by Crippen LogP contribution is -2.47. The molecule has 1 aliphatic carbocycles. The first-order valence-corrected chi connectivity index (χ1v) is 11.0. The maximum atomic E-state index is 13.4. The van der Waals surface area contributed by atoms with Crippen molar-refractivity contribution in [2.75, 3.05) is 11.4 Å². The Hall–Kier alpha value is -3.15. The lowest BCUT2D eigenvalue weighted by Gasteiger charge is -2.27. The summed E-state index contributed by atoms with van der Waals surface area (Å²) in [6.45, 7) is 2.09. The topological polar surface area (TPSA) is 69.7 Å². The van der Waals surface area contributed by atoms with Gasteiger partial charge in [-0.15, -0.1) is 0 Å². The molecule has 31 heavy (non-hydrogen) atoms. The molecule has 0 bridgehead atoms. The van der Waals surface area contributed by atoms with Crippen molar-refractivity contribution < 1.29 is 14.4 Å². The molecule has 1 spiro atoms. The largest absolute Gasteiger partial charge is 0.325 e. The third-order valence-corrected chi connectivity index (χ3v) is 6.29. The predicted molar refractivity (Wildman–Crippen MR) is 119 cm³/mol. The van der Waals surface area contributed by atoms with E-state index in [0.29, 0.717) is 19.4 Å². The van der Waals surface area contributed by atoms with E-state index in [-0.39, 0.29) is 18.4 Å². The molecule has 6 nitrogen and oxygen atoms in total. The highest BCUT2D eigenvalue weighted by Gasteiger charge is 2.51. The number of urea groups is 1. The van der Waals surface area contributed by atoms with Gasteiger partial charge in [-0.1, -0.05) is 68.1 Å². The van der Waals surface area contributed by atoms with Gasteiger partial charge in [0.1, 0.15) is 12.1 Å². The number of rotatable bonds is 5. The Morgan fingerprint density at radius 1 is 1.00 bits per heavy atom. The quantitative estimate of drug-likeness (QED) is 0.740. The minimum absolute atomic E-state index is 0.253. The number of nitrogens with zero attached hydrogens (tertiary/aromatic N) is 2. The van der Waals surface area contributed by atoms with Crippen LogP contribution in [-0.4, -0.2) is 34.8 Å². The summed E-state index contributed by atoms with van der Waals surface area (Å²) in [5.74, 6) is -0.528. The van der Waals surface area contributed by atoms with Gasteiger partial charge in [0.05, 0.1) is 6.54 Å². The first kappa shape index (κ1) is 21.1. The molecular weight excluding hydrogens is 390 g/mol. The van der Waals surface area contributed by atoms with Gasteiger partial charge >= 0.3 is 6.03 Å². The minimum Gasteiger partial charge on any atom is -0.323 e. The second kappa shape index (κ2) is 8.92. The SMILES string of the molecule is Cc1cccc(N(Cc2ccccc2)C(=O)CN2C(=O)NC3(CCCCCC3)C2=O)c1. The van der Waals surface area contributed by atoms with Gasteiger partial charge in [0.25, 0.3) is 5.91 Å². The molecule has 0 aromatic heterocycles. The third kappa shape index (κ3) is 4.48. The number of anilines is 1. The number of nitrogens with one attached hydrogen (secondary N) is 1. The average molecular weight is 420 g/mol. The van der Waals surface area contributed by atoms with Crippen LogP contribution in [0.25, 0.3) is 0 Å². The number of carbonyl (C=O) groups is 3. The van der Waals surface area contributed by atoms with Gasteiger partial charge in [0.15, 0.2) is 0 Å². The van der Waals surface area contributed by atoms with Gasteiger partial charge in [-0.3, -0.25) is 14.5 Å². The van der Waals surface area contributed by atoms with Crippen LogP contribution in [0.5, 0.6) is 0 Å². The van der Waals surface area contributed by atoms with Crippen molar-refractivity contribution in [3.05, 3.63) is 65.7 Å². The first-order valence-electron chi connectivity index (χ1n) is 11.0. The Morgan fingerprint density at radius 3 is 2.39 bits per heavy atom. The molecule has 4 amide bonds. The van der Waals surface area contributed by atoms with Gasteiger partial charge in [-0.2, -0.15) is 0 Å². The summed E-state index contributed by atoms with van der Waals surface area (Å²) in [5.41, 5.74) is 1.94. The Kier molecular flexibility index (Phi) is 6.07. The Morgan fingerprint density at radius 2 is 1.71 bits per heavy atom. The molecule has 1 N–H and O–H groups in total. The number of hydrogen-bond acceptors (Lipinski definition) is 3. The molecular formula is C25H29N3O3. The zero-order valence-corrected chi connectivity index (χ0v) is 18.0. The molecule has 0 radical (unpaired) electrons. The maximum Gasteiger partial charge on any atom is 0.325 e. The maximum absolute atomic E-state index is 13.4. The number of benzene rings is 2. The number of carbonyl (C=O) groups excluding carboxylic acids is 3. The van der Waals surface area contributed by atoms with Gasteiger partial charge < -0.3 is 10.2 Å². The molecule has 0 atom stereocenters. The number of hydrogen-bond donors (Lipinski definition) is 1. The fraction of sp³-hybridized carbons (Fsp3) is 0.400. The second-order valence-electron chi connectivity index (χ2n) is 8.62. The van der Waals surface area contributed by atoms with Crippen molar-refractivity contribution in [1.82, 2.24) is 10.2 Å². The van der Waals surface area contributed by atoms with E-state index in [1.807, 2.05) is 61.5 Å². The molecule has 2 fully saturated rings. The van der Waals surface area contributed by atoms with E-state index in [2.05, 4.69) is 5.32 Å². The summed E-state index contributed by atoms with van der Waals surface area (Å²) in [7, 11) is 0. The third-order valence-electron chi connectivity index (χ3n) is 6.29. The zero-order valence-electron chi connectivity index (χ0n) is 18.0. The van der Waals surface area contributed by atoms with Crippen molar-refractivity contribution >= 4 is 23.5 Å². The Labute approximate surface area is 183 Å². The molecule has 1 saturated heterocycles. The molecule has 6 heteroatoms. The van der Waals surface area contributed by atoms with Crippen LogP contribution in [0.4, 0.5) is 10.5 Å². The van der Waals surface area contributed by atoms with E-state index in [1.54, 1.807) is 4.90 Å². The van der Waals surface area contributed by atoms with E-state index in [9.17, 15) is 14.4 Å². The molecule has 4 rings (SSSR count). The van der Waals surface area contributed by atoms with Crippen LogP contribution in [0.3, 0.4) is 0 Å². The molecule has 2 aromatic rings. The standard InChI is InChI=1S/C25H29N3O3/c1-19-10-9-13-21(16-19)27(17-20-11-5-4-6-12-20)22(29)18-28-23(30)25(26-24(28)31)14-7-2-3-8-15-25/h4-6,9-13,16H,2-3,7-8,14-15,17-18H2,1H3,(H,26,31). The summed E-state index contributed by atoms with van der Waals surface area (Å²) < 4.78 is 0. The van der Waals surface area contributed by atoms with E-state index in [0.717, 1.165) is 47.4 Å². The summed E-state index contributed by atoms with van der Waals surface area (Å²) in [6.07, 6.45) is 5.26. The summed E-state index contributed by atoms with van der Waals surface area (Å²) in [5, 5.41) is 2.92. The van der Waals surface area contributed by atoms with Gasteiger partial charge in [0.2, 0.25) is 5.91 Å². The van der Waals surface area contributed by atoms with E-state index in [4.69, 9.17) is 0 Å². The van der Waals surface area contributed by atoms with Crippen molar-refractivity contribution in [2.24, 2.45) is 0 Å². The molecule has 1 aliphatic heterocycles. The second-order valence-corrected chi connectivity index (χ2v) is 8.62. The summed E-state index contributed by atoms with van der Waals surface area (Å²) in [4.78, 5) is 42.1. The summed E-state index contributed by atoms with van der Waals surface area (Å²) >= 11 is 0. The van der Waals surface area contributed by atoms with E-state index < -0.39 is 11.6 Å². The number of aryl methyl sites for hydroxylation is 1. The van der Waals surface area contributed by atoms with Crippen LogP contribution in [0.1, 0.15) is 49.7 Å². The fourth-order valence-electron chi connectivity index (χ4n) is 4.60. The molecule has 1 saturated carbocycles. The smallest absolute Gasteiger partial charge is 0.323 e. The number of amides is 4. The highest BCUT2D eigenvalue weighted by molar-refractivity contribution is 6.10. The average Bonchev–Trinajstić information content (AvgIpc) is 2.92. The van der Waals surface area contributed by atoms with Crippen molar-refractivity contribution in [2.45, 2.75) is 57.5 Å². The number of imide groups is 1. The lowest BCUT2D eigenvalue weighted by atomic mass is 9.90. The molecule has 162 valence electrons. The Bertz CT molecular complexity index is 965. The monoisotopic (exact) mass is 419 g/mol. The van der Waals surface area contributed by atoms with E-state index in [1.165, 1.54) is 0 Å². The van der Waals surface area contributed by atoms with Gasteiger partial charge in [-0.05, 0) is 43.0 Å². The van der Waals surface area contributed by atoms with Crippen LogP contribution in [-0.2, 0) is 16.1 Å². The first-order chi connectivity index (χ1) is 15.0.